The number of rotatable bonds is 10. The minimum atomic E-state index is -0.411. The van der Waals surface area contributed by atoms with E-state index < -0.39 is 5.82 Å². The molecule has 7 heteroatoms. The second-order valence-corrected chi connectivity index (χ2v) is 6.59. The maximum Gasteiger partial charge on any atom is 0.191 e. The zero-order valence-electron chi connectivity index (χ0n) is 17.3. The molecule has 0 amide bonds. The smallest absolute Gasteiger partial charge is 0.191 e. The van der Waals surface area contributed by atoms with Gasteiger partial charge in [-0.3, -0.25) is 0 Å². The zero-order chi connectivity index (χ0) is 21.1. The summed E-state index contributed by atoms with van der Waals surface area (Å²) in [6, 6.07) is 10.7. The van der Waals surface area contributed by atoms with Gasteiger partial charge in [-0.15, -0.1) is 0 Å². The number of ether oxygens (including phenoxy) is 2. The number of hydrogen-bond acceptors (Lipinski definition) is 4. The van der Waals surface area contributed by atoms with E-state index in [2.05, 4.69) is 15.6 Å². The number of methoxy groups -OCH3 is 1. The lowest BCUT2D eigenvalue weighted by atomic mass is 10.1. The van der Waals surface area contributed by atoms with Crippen LogP contribution in [0.15, 0.2) is 41.4 Å². The summed E-state index contributed by atoms with van der Waals surface area (Å²) < 4.78 is 24.4. The maximum atomic E-state index is 13.5. The number of aliphatic hydroxyl groups is 1. The average molecular weight is 403 g/mol. The van der Waals surface area contributed by atoms with E-state index in [1.54, 1.807) is 19.2 Å². The van der Waals surface area contributed by atoms with E-state index in [1.165, 1.54) is 6.07 Å². The van der Waals surface area contributed by atoms with Gasteiger partial charge in [-0.2, -0.15) is 0 Å². The van der Waals surface area contributed by atoms with Gasteiger partial charge in [-0.05, 0) is 43.2 Å². The SMILES string of the molecule is CCNC(=NCc1ccc(F)c(CO)c1)NCc1ccc(C)cc1OCCOC. The zero-order valence-corrected chi connectivity index (χ0v) is 17.3. The van der Waals surface area contributed by atoms with Crippen molar-refractivity contribution in [3.63, 3.8) is 0 Å². The first-order valence-corrected chi connectivity index (χ1v) is 9.69. The van der Waals surface area contributed by atoms with Crippen molar-refractivity contribution in [2.24, 2.45) is 4.99 Å². The molecule has 0 radical (unpaired) electrons. The van der Waals surface area contributed by atoms with Crippen LogP contribution >= 0.6 is 0 Å². The minimum absolute atomic E-state index is 0.271. The third-order valence-corrected chi connectivity index (χ3v) is 4.26. The fraction of sp³-hybridized carbons (Fsp3) is 0.409. The fourth-order valence-electron chi connectivity index (χ4n) is 2.72. The Hall–Kier alpha value is -2.64. The molecule has 0 atom stereocenters. The molecular formula is C22H30FN3O3. The summed E-state index contributed by atoms with van der Waals surface area (Å²) in [6.07, 6.45) is 0. The Morgan fingerprint density at radius 3 is 2.66 bits per heavy atom. The van der Waals surface area contributed by atoms with Gasteiger partial charge in [-0.25, -0.2) is 9.38 Å². The number of benzene rings is 2. The Kier molecular flexibility index (Phi) is 9.40. The van der Waals surface area contributed by atoms with Crippen molar-refractivity contribution < 1.29 is 19.0 Å². The molecular weight excluding hydrogens is 373 g/mol. The van der Waals surface area contributed by atoms with Crippen molar-refractivity contribution in [3.05, 3.63) is 64.5 Å². The number of guanidine groups is 1. The minimum Gasteiger partial charge on any atom is -0.491 e. The third-order valence-electron chi connectivity index (χ3n) is 4.26. The summed E-state index contributed by atoms with van der Waals surface area (Å²) in [5.74, 6) is 1.05. The molecule has 0 bridgehead atoms. The molecule has 6 nitrogen and oxygen atoms in total. The summed E-state index contributed by atoms with van der Waals surface area (Å²) in [6.45, 7) is 6.31. The van der Waals surface area contributed by atoms with Gasteiger partial charge in [-0.1, -0.05) is 18.2 Å². The van der Waals surface area contributed by atoms with Gasteiger partial charge in [0.05, 0.1) is 19.8 Å². The molecule has 29 heavy (non-hydrogen) atoms. The number of aliphatic hydroxyl groups excluding tert-OH is 1. The Balaban J connectivity index is 2.06. The largest absolute Gasteiger partial charge is 0.491 e. The number of nitrogens with one attached hydrogen (secondary N) is 2. The second kappa shape index (κ2) is 12.0. The summed E-state index contributed by atoms with van der Waals surface area (Å²) in [5.41, 5.74) is 3.24. The molecule has 0 saturated heterocycles. The standard InChI is InChI=1S/C22H30FN3O3/c1-4-24-22(25-13-17-6-8-20(23)19(12-17)15-27)26-14-18-7-5-16(2)11-21(18)29-10-9-28-3/h5-8,11-12,27H,4,9-10,13-15H2,1-3H3,(H2,24,25,26). The molecule has 0 aliphatic rings. The van der Waals surface area contributed by atoms with Crippen LogP contribution < -0.4 is 15.4 Å². The maximum absolute atomic E-state index is 13.5. The molecule has 0 saturated carbocycles. The predicted molar refractivity (Wildman–Crippen MR) is 113 cm³/mol. The monoisotopic (exact) mass is 403 g/mol. The van der Waals surface area contributed by atoms with Crippen molar-refractivity contribution in [1.82, 2.24) is 10.6 Å². The van der Waals surface area contributed by atoms with Crippen LogP contribution in [0, 0.1) is 12.7 Å². The first-order chi connectivity index (χ1) is 14.1. The molecule has 158 valence electrons. The molecule has 0 aliphatic carbocycles. The van der Waals surface area contributed by atoms with Gasteiger partial charge in [0.15, 0.2) is 5.96 Å². The molecule has 0 unspecified atom stereocenters. The number of aryl methyl sites for hydroxylation is 1. The van der Waals surface area contributed by atoms with E-state index >= 15 is 0 Å². The van der Waals surface area contributed by atoms with E-state index in [9.17, 15) is 9.50 Å². The van der Waals surface area contributed by atoms with E-state index in [1.807, 2.05) is 32.0 Å². The molecule has 0 aromatic heterocycles. The van der Waals surface area contributed by atoms with Crippen LogP contribution in [0.1, 0.15) is 29.2 Å². The highest BCUT2D eigenvalue weighted by Crippen LogP contribution is 2.20. The van der Waals surface area contributed by atoms with E-state index in [0.29, 0.717) is 38.8 Å². The lowest BCUT2D eigenvalue weighted by Crippen LogP contribution is -2.36. The van der Waals surface area contributed by atoms with Crippen molar-refractivity contribution in [3.8, 4) is 5.75 Å². The van der Waals surface area contributed by atoms with Gasteiger partial charge in [0.1, 0.15) is 18.2 Å². The third kappa shape index (κ3) is 7.36. The van der Waals surface area contributed by atoms with Crippen molar-refractivity contribution in [1.29, 1.82) is 0 Å². The van der Waals surface area contributed by atoms with E-state index in [-0.39, 0.29) is 12.2 Å². The summed E-state index contributed by atoms with van der Waals surface area (Å²) >= 11 is 0. The van der Waals surface area contributed by atoms with Crippen molar-refractivity contribution >= 4 is 5.96 Å². The highest BCUT2D eigenvalue weighted by molar-refractivity contribution is 5.79. The summed E-state index contributed by atoms with van der Waals surface area (Å²) in [5, 5.41) is 15.7. The van der Waals surface area contributed by atoms with Crippen LogP contribution in [0.3, 0.4) is 0 Å². The molecule has 2 rings (SSSR count). The first-order valence-electron chi connectivity index (χ1n) is 9.69. The Morgan fingerprint density at radius 1 is 1.10 bits per heavy atom. The van der Waals surface area contributed by atoms with Crippen LogP contribution in [-0.4, -0.2) is 37.9 Å². The summed E-state index contributed by atoms with van der Waals surface area (Å²) in [4.78, 5) is 4.56. The summed E-state index contributed by atoms with van der Waals surface area (Å²) in [7, 11) is 1.64. The van der Waals surface area contributed by atoms with Crippen LogP contribution in [0.25, 0.3) is 0 Å². The number of nitrogens with zero attached hydrogens (tertiary/aromatic N) is 1. The van der Waals surface area contributed by atoms with Crippen LogP contribution in [0.5, 0.6) is 5.75 Å². The lowest BCUT2D eigenvalue weighted by molar-refractivity contribution is 0.145. The van der Waals surface area contributed by atoms with Gasteiger partial charge in [0.2, 0.25) is 0 Å². The number of hydrogen-bond donors (Lipinski definition) is 3. The lowest BCUT2D eigenvalue weighted by Gasteiger charge is -2.15. The first kappa shape index (κ1) is 22.6. The second-order valence-electron chi connectivity index (χ2n) is 6.59. The number of aliphatic imine (C=N–C) groups is 1. The molecule has 0 fully saturated rings. The van der Waals surface area contributed by atoms with Crippen LogP contribution in [0.4, 0.5) is 4.39 Å². The Bertz CT molecular complexity index is 812. The topological polar surface area (TPSA) is 75.1 Å². The van der Waals surface area contributed by atoms with Crippen molar-refractivity contribution in [2.45, 2.75) is 33.5 Å². The normalized spacial score (nSPS) is 11.4. The fourth-order valence-corrected chi connectivity index (χ4v) is 2.72. The molecule has 0 heterocycles. The molecule has 2 aromatic rings. The van der Waals surface area contributed by atoms with Crippen LogP contribution in [0.2, 0.25) is 0 Å². The average Bonchev–Trinajstić information content (AvgIpc) is 2.72. The predicted octanol–water partition coefficient (Wildman–Crippen LogP) is 2.91. The molecule has 2 aromatic carbocycles. The highest BCUT2D eigenvalue weighted by Gasteiger charge is 2.07. The van der Waals surface area contributed by atoms with Crippen molar-refractivity contribution in [2.75, 3.05) is 26.9 Å². The molecule has 0 aliphatic heterocycles. The van der Waals surface area contributed by atoms with Gasteiger partial charge >= 0.3 is 0 Å². The Labute approximate surface area is 171 Å². The molecule has 0 spiro atoms. The van der Waals surface area contributed by atoms with E-state index in [4.69, 9.17) is 9.47 Å². The van der Waals surface area contributed by atoms with Gasteiger partial charge in [0, 0.05) is 31.3 Å². The van der Waals surface area contributed by atoms with Gasteiger partial charge in [0.25, 0.3) is 0 Å². The Morgan fingerprint density at radius 2 is 1.93 bits per heavy atom. The number of halogens is 1. The highest BCUT2D eigenvalue weighted by atomic mass is 19.1. The quantitative estimate of drug-likeness (QED) is 0.323. The van der Waals surface area contributed by atoms with Gasteiger partial charge < -0.3 is 25.2 Å². The van der Waals surface area contributed by atoms with Crippen LogP contribution in [-0.2, 0) is 24.4 Å². The van der Waals surface area contributed by atoms with E-state index in [0.717, 1.165) is 22.4 Å². The molecule has 3 N–H and O–H groups in total.